The molecule has 1 aromatic rings. The third-order valence-electron chi connectivity index (χ3n) is 30.7. The molecule has 87 heavy (non-hydrogen) atoms. The normalized spacial score (nSPS) is 43.4. The van der Waals surface area contributed by atoms with Gasteiger partial charge in [0.1, 0.15) is 0 Å². The third kappa shape index (κ3) is 11.6. The summed E-state index contributed by atoms with van der Waals surface area (Å²) in [7, 11) is 0. The lowest BCUT2D eigenvalue weighted by Gasteiger charge is -2.59. The van der Waals surface area contributed by atoms with E-state index < -0.39 is 0 Å². The summed E-state index contributed by atoms with van der Waals surface area (Å²) in [5.41, 5.74) is 8.34. The van der Waals surface area contributed by atoms with Crippen molar-refractivity contribution in [1.29, 1.82) is 0 Å². The lowest BCUT2D eigenvalue weighted by atomic mass is 9.46. The molecule has 19 aliphatic carbocycles. The van der Waals surface area contributed by atoms with Crippen molar-refractivity contribution >= 4 is 17.4 Å². The van der Waals surface area contributed by atoms with Crippen molar-refractivity contribution in [2.75, 3.05) is 0 Å². The topological polar surface area (TPSA) is 37.3 Å². The van der Waals surface area contributed by atoms with Crippen LogP contribution < -0.4 is 10.4 Å². The molecule has 0 aromatic heterocycles. The van der Waals surface area contributed by atoms with Gasteiger partial charge in [0.05, 0.1) is 6.10 Å². The summed E-state index contributed by atoms with van der Waals surface area (Å²) in [4.78, 5) is 12.5. The van der Waals surface area contributed by atoms with Gasteiger partial charge in [-0.05, 0) is 302 Å². The number of allylic oxidation sites excluding steroid dienone is 8. The van der Waals surface area contributed by atoms with Crippen LogP contribution in [0.1, 0.15) is 288 Å². The zero-order valence-electron chi connectivity index (χ0n) is 58.4. The van der Waals surface area contributed by atoms with E-state index in [2.05, 4.69) is 152 Å². The molecule has 0 amide bonds. The Labute approximate surface area is 533 Å². The Morgan fingerprint density at radius 1 is 0.494 bits per heavy atom. The molecular formula is C85H128O2. The Bertz CT molecular complexity index is 2920. The fourth-order valence-corrected chi connectivity index (χ4v) is 26.2. The highest BCUT2D eigenvalue weighted by Crippen LogP contribution is 2.72. The zero-order chi connectivity index (χ0) is 61.4. The van der Waals surface area contributed by atoms with Crippen LogP contribution in [0.25, 0.3) is 11.6 Å². The van der Waals surface area contributed by atoms with Gasteiger partial charge in [0.25, 0.3) is 0 Å². The molecule has 15 fully saturated rings. The first-order valence-corrected chi connectivity index (χ1v) is 38.0. The van der Waals surface area contributed by atoms with Crippen molar-refractivity contribution in [3.05, 3.63) is 81.8 Å². The minimum atomic E-state index is -0.325. The maximum atomic E-state index is 12.5. The van der Waals surface area contributed by atoms with Crippen LogP contribution in [0.4, 0.5) is 0 Å². The molecule has 20 rings (SSSR count). The number of fused-ring (bicyclic) bond motifs is 18. The molecule has 12 bridgehead atoms. The fraction of sp³-hybridized carbons (Fsp3) is 0.800. The summed E-state index contributed by atoms with van der Waals surface area (Å²) in [6.45, 7) is 33.6. The van der Waals surface area contributed by atoms with Crippen LogP contribution in [0.15, 0.2) is 65.8 Å². The van der Waals surface area contributed by atoms with E-state index in [9.17, 15) is 9.90 Å². The summed E-state index contributed by atoms with van der Waals surface area (Å²) in [6.07, 6.45) is 56.1. The Hall–Kier alpha value is -2.45. The zero-order valence-corrected chi connectivity index (χ0v) is 58.4. The summed E-state index contributed by atoms with van der Waals surface area (Å²) in [5, 5.41) is 13.0. The number of benzene rings is 1. The number of hydrogen-bond acceptors (Lipinski definition) is 2. The Balaban J connectivity index is 0.0000000950. The molecule has 15 unspecified atom stereocenters. The van der Waals surface area contributed by atoms with Crippen molar-refractivity contribution in [1.82, 2.24) is 0 Å². The van der Waals surface area contributed by atoms with E-state index in [0.29, 0.717) is 38.8 Å². The number of hydrogen-bond donors (Lipinski definition) is 1. The predicted octanol–water partition coefficient (Wildman–Crippen LogP) is 21.5. The molecule has 0 aliphatic heterocycles. The van der Waals surface area contributed by atoms with Gasteiger partial charge < -0.3 is 5.11 Å². The van der Waals surface area contributed by atoms with Gasteiger partial charge >= 0.3 is 0 Å². The molecule has 2 nitrogen and oxygen atoms in total. The highest BCUT2D eigenvalue weighted by Gasteiger charge is 2.64. The molecule has 0 spiro atoms. The van der Waals surface area contributed by atoms with E-state index in [1.54, 1.807) is 103 Å². The maximum absolute atomic E-state index is 12.5. The van der Waals surface area contributed by atoms with Crippen LogP contribution in [-0.2, 0) is 4.79 Å². The van der Waals surface area contributed by atoms with Crippen LogP contribution in [0.5, 0.6) is 0 Å². The van der Waals surface area contributed by atoms with E-state index in [0.717, 1.165) is 102 Å². The van der Waals surface area contributed by atoms with Gasteiger partial charge in [0.15, 0.2) is 5.78 Å². The molecule has 1 aromatic carbocycles. The average molecular weight is 1180 g/mol. The fourth-order valence-electron chi connectivity index (χ4n) is 26.2. The van der Waals surface area contributed by atoms with Crippen LogP contribution in [0.3, 0.4) is 0 Å². The first-order valence-electron chi connectivity index (χ1n) is 38.0. The maximum Gasteiger partial charge on any atom is 0.170 e. The van der Waals surface area contributed by atoms with E-state index in [4.69, 9.17) is 0 Å². The molecule has 0 heterocycles. The molecule has 1 N–H and O–H groups in total. The van der Waals surface area contributed by atoms with Crippen LogP contribution >= 0.6 is 0 Å². The highest BCUT2D eigenvalue weighted by molar-refractivity contribution is 6.04. The van der Waals surface area contributed by atoms with Crippen molar-refractivity contribution in [2.45, 2.75) is 283 Å². The minimum Gasteiger partial charge on any atom is -0.387 e. The smallest absolute Gasteiger partial charge is 0.170 e. The van der Waals surface area contributed by atoms with E-state index in [-0.39, 0.29) is 22.9 Å². The Morgan fingerprint density at radius 3 is 1.77 bits per heavy atom. The molecule has 19 aliphatic rings. The van der Waals surface area contributed by atoms with Gasteiger partial charge in [0.2, 0.25) is 0 Å². The number of rotatable bonds is 0. The van der Waals surface area contributed by atoms with Gasteiger partial charge in [-0.3, -0.25) is 4.79 Å². The molecule has 15 atom stereocenters. The van der Waals surface area contributed by atoms with Gasteiger partial charge in [-0.2, -0.15) is 0 Å². The summed E-state index contributed by atoms with van der Waals surface area (Å²) in [6, 6.07) is 6.28. The quantitative estimate of drug-likeness (QED) is 0.263. The summed E-state index contributed by atoms with van der Waals surface area (Å²) in [5.74, 6) is 18.9. The number of carbonyl (C=O) groups is 1. The highest BCUT2D eigenvalue weighted by atomic mass is 16.3. The molecule has 480 valence electrons. The molecule has 0 radical (unpaired) electrons. The van der Waals surface area contributed by atoms with Gasteiger partial charge in [-0.1, -0.05) is 195 Å². The molecular weight excluding hydrogens is 1050 g/mol. The lowest BCUT2D eigenvalue weighted by molar-refractivity contribution is -0.120. The number of carbonyl (C=O) groups excluding carboxylic acids is 1. The summed E-state index contributed by atoms with van der Waals surface area (Å²) >= 11 is 0. The molecule has 2 heteroatoms. The molecule has 0 saturated heterocycles. The number of aliphatic hydroxyl groups is 1. The van der Waals surface area contributed by atoms with E-state index in [1.165, 1.54) is 103 Å². The van der Waals surface area contributed by atoms with Gasteiger partial charge in [0, 0.05) is 16.9 Å². The number of ketones is 1. The van der Waals surface area contributed by atoms with E-state index >= 15 is 0 Å². The lowest BCUT2D eigenvalue weighted by Crippen LogP contribution is -2.49. The average Bonchev–Trinajstić information content (AvgIpc) is 1.65. The van der Waals surface area contributed by atoms with Crippen molar-refractivity contribution in [3.8, 4) is 0 Å². The van der Waals surface area contributed by atoms with Crippen molar-refractivity contribution in [2.24, 2.45) is 144 Å². The monoisotopic (exact) mass is 1180 g/mol. The predicted molar refractivity (Wildman–Crippen MR) is 367 cm³/mol. The second kappa shape index (κ2) is 23.5. The Kier molecular flexibility index (Phi) is 17.1. The minimum absolute atomic E-state index is 0.0523. The largest absolute Gasteiger partial charge is 0.387 e. The SMILES string of the molecule is CC1(C)C2=CCCC=C2C(=O)C2C=CC=CC21.CC1(C)C2=c3c(cccc3=CCC2)C1O.CC1(C)C2CC3CC(C2)CC1C3.CC1(C)CC2CC1C1C3CCC(C3)C21.CC1(C)CC2CC1C1CCCC21.CC1(C)CC2CCC1C2.CC1(C)CCCCC1. The van der Waals surface area contributed by atoms with Crippen LogP contribution in [0.2, 0.25) is 0 Å². The van der Waals surface area contributed by atoms with Crippen LogP contribution in [0, 0.1) is 144 Å². The standard InChI is InChI=1S/C16H18O.C14H16O.C14H22.2C12H20.C9H16.C8H16/c1-16(2)13-9-5-3-7-11(13)15(17)12-8-4-6-10-14(12)16;1-14(2)11-8-4-6-9-5-3-7-10(12(9)11)13(14)15;1-14(2)7-10-6-11(14)13-9-4-3-8(5-9)12(10)13;1-12(2)10-4-8-3-9(6-10)7-11(12)5-8;1-12(2)7-8-6-11(12)10-5-3-4-9(8)10;1-9(2)6-7-3-4-8(9)5-7;1-8(2)6-4-3-5-7-8/h3,5,7-11,13H,4,6H2,1-2H3;3,5-7,13,15H,4,8H2,1-2H3;8-13H,3-7H2,1-2H3;2*8-11H,3-7H2,1-2H3;7-8H,3-6H2,1-2H3;3-7H2,1-2H3. The van der Waals surface area contributed by atoms with Gasteiger partial charge in [-0.15, -0.1) is 0 Å². The number of aliphatic hydroxyl groups excluding tert-OH is 1. The van der Waals surface area contributed by atoms with E-state index in [1.807, 2.05) is 6.08 Å². The molecule has 15 saturated carbocycles. The Morgan fingerprint density at radius 2 is 1.13 bits per heavy atom. The second-order valence-corrected chi connectivity index (χ2v) is 38.6. The van der Waals surface area contributed by atoms with Gasteiger partial charge in [-0.25, -0.2) is 0 Å². The first-order chi connectivity index (χ1) is 41.1. The second-order valence-electron chi connectivity index (χ2n) is 38.6. The first kappa shape index (κ1) is 63.3. The van der Waals surface area contributed by atoms with Crippen LogP contribution in [-0.4, -0.2) is 10.9 Å². The van der Waals surface area contributed by atoms with Crippen molar-refractivity contribution in [3.63, 3.8) is 0 Å². The third-order valence-corrected chi connectivity index (χ3v) is 30.7. The summed E-state index contributed by atoms with van der Waals surface area (Å²) < 4.78 is 0. The van der Waals surface area contributed by atoms with Crippen molar-refractivity contribution < 1.29 is 9.90 Å². The number of Topliss-reactive ketones (excluding diaryl/α,β-unsaturated/α-hetero) is 1.